The van der Waals surface area contributed by atoms with E-state index in [2.05, 4.69) is 4.98 Å². The van der Waals surface area contributed by atoms with Gasteiger partial charge in [0.15, 0.2) is 0 Å². The van der Waals surface area contributed by atoms with Crippen LogP contribution in [0.5, 0.6) is 11.6 Å². The highest BCUT2D eigenvalue weighted by molar-refractivity contribution is 6.32. The molecule has 0 fully saturated rings. The van der Waals surface area contributed by atoms with Gasteiger partial charge in [-0.25, -0.2) is 9.37 Å². The van der Waals surface area contributed by atoms with Crippen LogP contribution in [-0.4, -0.2) is 10.1 Å². The summed E-state index contributed by atoms with van der Waals surface area (Å²) in [6, 6.07) is 8.01. The van der Waals surface area contributed by atoms with Crippen molar-refractivity contribution in [2.75, 3.05) is 0 Å². The third-order valence-electron chi connectivity index (χ3n) is 2.11. The molecule has 1 aromatic carbocycles. The van der Waals surface area contributed by atoms with Crippen molar-refractivity contribution < 1.29 is 14.2 Å². The Morgan fingerprint density at radius 1 is 1.35 bits per heavy atom. The first-order valence-corrected chi connectivity index (χ1v) is 5.26. The summed E-state index contributed by atoms with van der Waals surface area (Å²) in [7, 11) is 0. The van der Waals surface area contributed by atoms with Gasteiger partial charge in [-0.05, 0) is 18.2 Å². The van der Waals surface area contributed by atoms with Crippen molar-refractivity contribution in [2.24, 2.45) is 0 Å². The Labute approximate surface area is 102 Å². The van der Waals surface area contributed by atoms with Gasteiger partial charge in [0.25, 0.3) is 0 Å². The first kappa shape index (κ1) is 11.8. The van der Waals surface area contributed by atoms with Crippen LogP contribution in [0.2, 0.25) is 5.02 Å². The fourth-order valence-electron chi connectivity index (χ4n) is 1.31. The molecule has 5 heteroatoms. The zero-order valence-electron chi connectivity index (χ0n) is 8.73. The second kappa shape index (κ2) is 5.12. The van der Waals surface area contributed by atoms with Crippen molar-refractivity contribution >= 4 is 11.6 Å². The average molecular weight is 254 g/mol. The van der Waals surface area contributed by atoms with Gasteiger partial charge in [0.2, 0.25) is 5.88 Å². The van der Waals surface area contributed by atoms with E-state index in [4.69, 9.17) is 21.4 Å². The third-order valence-corrected chi connectivity index (χ3v) is 2.42. The average Bonchev–Trinajstić information content (AvgIpc) is 2.34. The van der Waals surface area contributed by atoms with Crippen LogP contribution in [0.3, 0.4) is 0 Å². The van der Waals surface area contributed by atoms with Gasteiger partial charge in [0, 0.05) is 5.56 Å². The van der Waals surface area contributed by atoms with Crippen LogP contribution in [0.4, 0.5) is 4.39 Å². The number of rotatable bonds is 3. The normalized spacial score (nSPS) is 10.3. The molecule has 0 aliphatic heterocycles. The van der Waals surface area contributed by atoms with E-state index in [9.17, 15) is 4.39 Å². The highest BCUT2D eigenvalue weighted by atomic mass is 35.5. The largest absolute Gasteiger partial charge is 0.437 e. The van der Waals surface area contributed by atoms with E-state index in [1.54, 1.807) is 24.3 Å². The Morgan fingerprint density at radius 2 is 2.12 bits per heavy atom. The second-order valence-electron chi connectivity index (χ2n) is 3.31. The number of halogens is 2. The Bertz CT molecular complexity index is 534. The SMILES string of the molecule is OCc1cc(F)cnc1Oc1ccccc1Cl. The fraction of sp³-hybridized carbons (Fsp3) is 0.0833. The number of nitrogens with zero attached hydrogens (tertiary/aromatic N) is 1. The molecule has 0 aliphatic rings. The van der Waals surface area contributed by atoms with E-state index in [1.807, 2.05) is 0 Å². The summed E-state index contributed by atoms with van der Waals surface area (Å²) in [5.74, 6) is 0.0190. The maximum atomic E-state index is 12.9. The number of para-hydroxylation sites is 1. The van der Waals surface area contributed by atoms with Crippen molar-refractivity contribution in [2.45, 2.75) is 6.61 Å². The number of hydrogen-bond acceptors (Lipinski definition) is 3. The predicted octanol–water partition coefficient (Wildman–Crippen LogP) is 3.16. The van der Waals surface area contributed by atoms with E-state index in [1.165, 1.54) is 6.07 Å². The standard InChI is InChI=1S/C12H9ClFNO2/c13-10-3-1-2-4-11(10)17-12-8(7-16)5-9(14)6-15-12/h1-6,16H,7H2. The van der Waals surface area contributed by atoms with E-state index in [0.717, 1.165) is 6.20 Å². The highest BCUT2D eigenvalue weighted by Gasteiger charge is 2.09. The molecule has 2 aromatic rings. The van der Waals surface area contributed by atoms with Gasteiger partial charge in [-0.15, -0.1) is 0 Å². The molecule has 0 radical (unpaired) electrons. The lowest BCUT2D eigenvalue weighted by molar-refractivity contribution is 0.274. The van der Waals surface area contributed by atoms with E-state index < -0.39 is 5.82 Å². The van der Waals surface area contributed by atoms with Gasteiger partial charge in [0.05, 0.1) is 17.8 Å². The first-order valence-electron chi connectivity index (χ1n) is 4.88. The van der Waals surface area contributed by atoms with Gasteiger partial charge in [-0.3, -0.25) is 0 Å². The minimum atomic E-state index is -0.527. The van der Waals surface area contributed by atoms with Gasteiger partial charge in [0.1, 0.15) is 11.6 Å². The summed E-state index contributed by atoms with van der Waals surface area (Å²) in [6.07, 6.45) is 1.02. The van der Waals surface area contributed by atoms with Crippen LogP contribution in [0, 0.1) is 5.82 Å². The van der Waals surface area contributed by atoms with E-state index in [0.29, 0.717) is 10.8 Å². The van der Waals surface area contributed by atoms with E-state index >= 15 is 0 Å². The predicted molar refractivity (Wildman–Crippen MR) is 61.6 cm³/mol. The van der Waals surface area contributed by atoms with E-state index in [-0.39, 0.29) is 18.1 Å². The lowest BCUT2D eigenvalue weighted by Crippen LogP contribution is -1.96. The van der Waals surface area contributed by atoms with Crippen molar-refractivity contribution in [1.82, 2.24) is 4.98 Å². The number of ether oxygens (including phenoxy) is 1. The molecule has 1 aromatic heterocycles. The number of aromatic nitrogens is 1. The third kappa shape index (κ3) is 2.72. The lowest BCUT2D eigenvalue weighted by Gasteiger charge is -2.09. The molecular weight excluding hydrogens is 245 g/mol. The molecule has 2 rings (SSSR count). The van der Waals surface area contributed by atoms with Gasteiger partial charge >= 0.3 is 0 Å². The highest BCUT2D eigenvalue weighted by Crippen LogP contribution is 2.29. The molecule has 0 unspecified atom stereocenters. The Morgan fingerprint density at radius 3 is 2.82 bits per heavy atom. The molecule has 0 amide bonds. The summed E-state index contributed by atoms with van der Waals surface area (Å²) in [6.45, 7) is -0.357. The number of aliphatic hydroxyl groups excluding tert-OH is 1. The van der Waals surface area contributed by atoms with Crippen molar-refractivity contribution in [3.8, 4) is 11.6 Å². The second-order valence-corrected chi connectivity index (χ2v) is 3.72. The minimum absolute atomic E-state index is 0.141. The van der Waals surface area contributed by atoms with Crippen LogP contribution in [0.15, 0.2) is 36.5 Å². The molecular formula is C12H9ClFNO2. The molecule has 3 nitrogen and oxygen atoms in total. The number of aliphatic hydroxyl groups is 1. The summed E-state index contributed by atoms with van der Waals surface area (Å²) in [5.41, 5.74) is 0.268. The first-order chi connectivity index (χ1) is 8.20. The molecule has 0 bridgehead atoms. The molecule has 0 saturated carbocycles. The van der Waals surface area contributed by atoms with Crippen LogP contribution < -0.4 is 4.74 Å². The molecule has 0 atom stereocenters. The summed E-state index contributed by atoms with van der Waals surface area (Å²) >= 11 is 5.91. The van der Waals surface area contributed by atoms with Crippen LogP contribution in [-0.2, 0) is 6.61 Å². The molecule has 88 valence electrons. The van der Waals surface area contributed by atoms with Crippen LogP contribution >= 0.6 is 11.6 Å². The summed E-state index contributed by atoms with van der Waals surface area (Å²) in [4.78, 5) is 3.77. The minimum Gasteiger partial charge on any atom is -0.437 e. The quantitative estimate of drug-likeness (QED) is 0.914. The molecule has 0 aliphatic carbocycles. The van der Waals surface area contributed by atoms with Gasteiger partial charge in [-0.1, -0.05) is 23.7 Å². The Balaban J connectivity index is 2.33. The smallest absolute Gasteiger partial charge is 0.225 e. The molecule has 0 spiro atoms. The maximum absolute atomic E-state index is 12.9. The monoisotopic (exact) mass is 253 g/mol. The van der Waals surface area contributed by atoms with Gasteiger partial charge < -0.3 is 9.84 Å². The Kier molecular flexibility index (Phi) is 3.56. The summed E-state index contributed by atoms with van der Waals surface area (Å²) < 4.78 is 18.3. The van der Waals surface area contributed by atoms with Crippen molar-refractivity contribution in [3.63, 3.8) is 0 Å². The fourth-order valence-corrected chi connectivity index (χ4v) is 1.48. The molecule has 0 saturated heterocycles. The van der Waals surface area contributed by atoms with Crippen LogP contribution in [0.1, 0.15) is 5.56 Å². The topological polar surface area (TPSA) is 42.4 Å². The number of hydrogen-bond donors (Lipinski definition) is 1. The number of pyridine rings is 1. The molecule has 17 heavy (non-hydrogen) atoms. The zero-order valence-corrected chi connectivity index (χ0v) is 9.49. The molecule has 1 heterocycles. The maximum Gasteiger partial charge on any atom is 0.225 e. The number of benzene rings is 1. The summed E-state index contributed by atoms with van der Waals surface area (Å²) in [5, 5.41) is 9.49. The lowest BCUT2D eigenvalue weighted by atomic mass is 10.3. The molecule has 1 N–H and O–H groups in total. The zero-order chi connectivity index (χ0) is 12.3. The Hall–Kier alpha value is -1.65. The van der Waals surface area contributed by atoms with Crippen LogP contribution in [0.25, 0.3) is 0 Å². The van der Waals surface area contributed by atoms with Crippen molar-refractivity contribution in [3.05, 3.63) is 52.9 Å². The van der Waals surface area contributed by atoms with Gasteiger partial charge in [-0.2, -0.15) is 0 Å². The van der Waals surface area contributed by atoms with Crippen molar-refractivity contribution in [1.29, 1.82) is 0 Å².